The Labute approximate surface area is 110 Å². The summed E-state index contributed by atoms with van der Waals surface area (Å²) in [5.41, 5.74) is 0. The van der Waals surface area contributed by atoms with E-state index in [9.17, 15) is 9.59 Å². The molecule has 1 aromatic heterocycles. The number of amides is 2. The first-order valence-electron chi connectivity index (χ1n) is 5.78. The van der Waals surface area contributed by atoms with E-state index in [0.717, 1.165) is 4.88 Å². The molecular weight excluding hydrogens is 252 g/mol. The molecule has 100 valence electrons. The summed E-state index contributed by atoms with van der Waals surface area (Å²) in [6, 6.07) is 3.58. The third-order valence-corrected chi connectivity index (χ3v) is 3.51. The zero-order chi connectivity index (χ0) is 13.5. The molecule has 0 aromatic carbocycles. The Balaban J connectivity index is 2.27. The number of urea groups is 1. The molecule has 2 atom stereocenters. The van der Waals surface area contributed by atoms with Gasteiger partial charge in [-0.05, 0) is 24.3 Å². The van der Waals surface area contributed by atoms with Crippen LogP contribution in [0.1, 0.15) is 31.2 Å². The molecule has 5 nitrogen and oxygen atoms in total. The first kappa shape index (κ1) is 14.5. The lowest BCUT2D eigenvalue weighted by Gasteiger charge is -2.15. The molecule has 3 N–H and O–H groups in total. The topological polar surface area (TPSA) is 78.4 Å². The molecule has 0 bridgehead atoms. The van der Waals surface area contributed by atoms with Crippen molar-refractivity contribution in [1.82, 2.24) is 10.6 Å². The number of thiophene rings is 1. The molecular formula is C12H18N2O3S. The molecule has 0 saturated heterocycles. The van der Waals surface area contributed by atoms with E-state index in [0.29, 0.717) is 6.54 Å². The van der Waals surface area contributed by atoms with Crippen LogP contribution in [0.15, 0.2) is 17.5 Å². The van der Waals surface area contributed by atoms with Crippen molar-refractivity contribution in [1.29, 1.82) is 0 Å². The Bertz CT molecular complexity index is 392. The second-order valence-electron chi connectivity index (χ2n) is 4.29. The Hall–Kier alpha value is -1.56. The van der Waals surface area contributed by atoms with Crippen LogP contribution in [-0.4, -0.2) is 23.7 Å². The van der Waals surface area contributed by atoms with E-state index >= 15 is 0 Å². The predicted molar refractivity (Wildman–Crippen MR) is 70.7 cm³/mol. The second kappa shape index (κ2) is 7.00. The Morgan fingerprint density at radius 2 is 2.17 bits per heavy atom. The van der Waals surface area contributed by atoms with Gasteiger partial charge < -0.3 is 15.7 Å². The molecule has 1 heterocycles. The number of hydrogen-bond acceptors (Lipinski definition) is 3. The molecule has 0 spiro atoms. The molecule has 0 saturated carbocycles. The standard InChI is InChI=1S/C12H18N2O3S/c1-8(6-11(15)16)7-13-12(17)14-9(2)10-4-3-5-18-10/h3-5,8-9H,6-7H2,1-2H3,(H,15,16)(H2,13,14,17). The van der Waals surface area contributed by atoms with Crippen LogP contribution >= 0.6 is 11.3 Å². The number of nitrogens with one attached hydrogen (secondary N) is 2. The minimum atomic E-state index is -0.850. The van der Waals surface area contributed by atoms with Gasteiger partial charge in [0.15, 0.2) is 0 Å². The highest BCUT2D eigenvalue weighted by Crippen LogP contribution is 2.17. The summed E-state index contributed by atoms with van der Waals surface area (Å²) in [4.78, 5) is 23.1. The van der Waals surface area contributed by atoms with Gasteiger partial charge in [0.1, 0.15) is 0 Å². The molecule has 0 fully saturated rings. The lowest BCUT2D eigenvalue weighted by atomic mass is 10.1. The fourth-order valence-electron chi connectivity index (χ4n) is 1.49. The van der Waals surface area contributed by atoms with Crippen LogP contribution in [0.2, 0.25) is 0 Å². The van der Waals surface area contributed by atoms with Crippen LogP contribution in [0.4, 0.5) is 4.79 Å². The van der Waals surface area contributed by atoms with E-state index in [1.165, 1.54) is 0 Å². The Kier molecular flexibility index (Phi) is 5.64. The van der Waals surface area contributed by atoms with Crippen molar-refractivity contribution in [2.75, 3.05) is 6.54 Å². The van der Waals surface area contributed by atoms with Crippen LogP contribution in [0.3, 0.4) is 0 Å². The third-order valence-electron chi connectivity index (χ3n) is 2.45. The molecule has 1 rings (SSSR count). The van der Waals surface area contributed by atoms with Gasteiger partial charge in [0.2, 0.25) is 0 Å². The normalized spacial score (nSPS) is 13.7. The molecule has 0 aliphatic carbocycles. The summed E-state index contributed by atoms with van der Waals surface area (Å²) in [5, 5.41) is 16.0. The Morgan fingerprint density at radius 1 is 1.44 bits per heavy atom. The molecule has 0 aliphatic heterocycles. The number of carboxylic acids is 1. The summed E-state index contributed by atoms with van der Waals surface area (Å²) >= 11 is 1.59. The summed E-state index contributed by atoms with van der Waals surface area (Å²) in [6.45, 7) is 4.05. The molecule has 0 aliphatic rings. The maximum atomic E-state index is 11.6. The van der Waals surface area contributed by atoms with Crippen molar-refractivity contribution in [2.45, 2.75) is 26.3 Å². The minimum absolute atomic E-state index is 0.0419. The van der Waals surface area contributed by atoms with E-state index in [-0.39, 0.29) is 24.4 Å². The van der Waals surface area contributed by atoms with Crippen molar-refractivity contribution in [3.63, 3.8) is 0 Å². The van der Waals surface area contributed by atoms with Gasteiger partial charge in [-0.2, -0.15) is 0 Å². The van der Waals surface area contributed by atoms with Gasteiger partial charge in [-0.3, -0.25) is 4.79 Å². The van der Waals surface area contributed by atoms with E-state index in [1.54, 1.807) is 18.3 Å². The minimum Gasteiger partial charge on any atom is -0.481 e. The third kappa shape index (κ3) is 5.18. The van der Waals surface area contributed by atoms with Crippen LogP contribution in [0.5, 0.6) is 0 Å². The molecule has 1 aromatic rings. The van der Waals surface area contributed by atoms with Crippen molar-refractivity contribution in [3.05, 3.63) is 22.4 Å². The number of rotatable bonds is 6. The predicted octanol–water partition coefficient (Wildman–Crippen LogP) is 2.22. The number of hydrogen-bond donors (Lipinski definition) is 3. The van der Waals surface area contributed by atoms with E-state index in [2.05, 4.69) is 10.6 Å². The van der Waals surface area contributed by atoms with Crippen molar-refractivity contribution >= 4 is 23.3 Å². The number of carbonyl (C=O) groups is 2. The fraction of sp³-hybridized carbons (Fsp3) is 0.500. The summed E-state index contributed by atoms with van der Waals surface area (Å²) < 4.78 is 0. The smallest absolute Gasteiger partial charge is 0.315 e. The first-order valence-corrected chi connectivity index (χ1v) is 6.66. The highest BCUT2D eigenvalue weighted by molar-refractivity contribution is 7.10. The summed E-state index contributed by atoms with van der Waals surface area (Å²) in [5.74, 6) is -0.929. The van der Waals surface area contributed by atoms with Crippen LogP contribution in [-0.2, 0) is 4.79 Å². The maximum absolute atomic E-state index is 11.6. The van der Waals surface area contributed by atoms with Gasteiger partial charge in [0.05, 0.1) is 6.04 Å². The average molecular weight is 270 g/mol. The van der Waals surface area contributed by atoms with Crippen LogP contribution < -0.4 is 10.6 Å². The molecule has 2 amide bonds. The monoisotopic (exact) mass is 270 g/mol. The van der Waals surface area contributed by atoms with Gasteiger partial charge in [-0.1, -0.05) is 13.0 Å². The van der Waals surface area contributed by atoms with E-state index < -0.39 is 5.97 Å². The molecule has 2 unspecified atom stereocenters. The van der Waals surface area contributed by atoms with Gasteiger partial charge in [0.25, 0.3) is 0 Å². The van der Waals surface area contributed by atoms with Crippen molar-refractivity contribution in [3.8, 4) is 0 Å². The Morgan fingerprint density at radius 3 is 2.72 bits per heavy atom. The number of carboxylic acid groups (broad SMARTS) is 1. The van der Waals surface area contributed by atoms with Gasteiger partial charge in [-0.15, -0.1) is 11.3 Å². The second-order valence-corrected chi connectivity index (χ2v) is 5.27. The number of aliphatic carboxylic acids is 1. The summed E-state index contributed by atoms with van der Waals surface area (Å²) in [7, 11) is 0. The quantitative estimate of drug-likeness (QED) is 0.741. The van der Waals surface area contributed by atoms with Gasteiger partial charge in [-0.25, -0.2) is 4.79 Å². The molecule has 18 heavy (non-hydrogen) atoms. The lowest BCUT2D eigenvalue weighted by molar-refractivity contribution is -0.137. The molecule has 0 radical (unpaired) electrons. The highest BCUT2D eigenvalue weighted by Gasteiger charge is 2.12. The van der Waals surface area contributed by atoms with Gasteiger partial charge >= 0.3 is 12.0 Å². The SMILES string of the molecule is CC(CNC(=O)NC(C)c1cccs1)CC(=O)O. The zero-order valence-corrected chi connectivity index (χ0v) is 11.3. The number of carbonyl (C=O) groups excluding carboxylic acids is 1. The zero-order valence-electron chi connectivity index (χ0n) is 10.5. The fourth-order valence-corrected chi connectivity index (χ4v) is 2.23. The average Bonchev–Trinajstić information content (AvgIpc) is 2.78. The first-order chi connectivity index (χ1) is 8.49. The van der Waals surface area contributed by atoms with Crippen LogP contribution in [0, 0.1) is 5.92 Å². The highest BCUT2D eigenvalue weighted by atomic mass is 32.1. The lowest BCUT2D eigenvalue weighted by Crippen LogP contribution is -2.39. The van der Waals surface area contributed by atoms with E-state index in [1.807, 2.05) is 24.4 Å². The van der Waals surface area contributed by atoms with Gasteiger partial charge in [0, 0.05) is 17.8 Å². The largest absolute Gasteiger partial charge is 0.481 e. The van der Waals surface area contributed by atoms with Crippen molar-refractivity contribution in [2.24, 2.45) is 5.92 Å². The maximum Gasteiger partial charge on any atom is 0.315 e. The summed E-state index contributed by atoms with van der Waals surface area (Å²) in [6.07, 6.45) is 0.0563. The van der Waals surface area contributed by atoms with E-state index in [4.69, 9.17) is 5.11 Å². The van der Waals surface area contributed by atoms with Crippen LogP contribution in [0.25, 0.3) is 0 Å². The van der Waals surface area contributed by atoms with Crippen molar-refractivity contribution < 1.29 is 14.7 Å². The molecule has 6 heteroatoms.